The van der Waals surface area contributed by atoms with E-state index in [4.69, 9.17) is 0 Å². The van der Waals surface area contributed by atoms with Gasteiger partial charge in [0.05, 0.1) is 0 Å². The van der Waals surface area contributed by atoms with Crippen molar-refractivity contribution < 1.29 is 19.2 Å². The van der Waals surface area contributed by atoms with Gasteiger partial charge in [-0.1, -0.05) is 0 Å². The zero-order valence-electron chi connectivity index (χ0n) is 9.90. The standard InChI is InChI=1S/C10H10N4O5/c1-13(9(15)6-5-19-10(16)11-6)7-3-2-4-8(12-7)14(17)18/h2-4,6H,5H2,1H3,(H,11,16)/t6-/m0/s1. The average Bonchev–Trinajstić information content (AvgIpc) is 2.84. The van der Waals surface area contributed by atoms with Crippen LogP contribution in [0.3, 0.4) is 0 Å². The minimum Gasteiger partial charge on any atom is -0.447 e. The topological polar surface area (TPSA) is 115 Å². The number of rotatable bonds is 3. The molecule has 0 aliphatic carbocycles. The van der Waals surface area contributed by atoms with Crippen LogP contribution in [0.25, 0.3) is 0 Å². The molecule has 9 nitrogen and oxygen atoms in total. The van der Waals surface area contributed by atoms with Gasteiger partial charge in [-0.15, -0.1) is 0 Å². The number of carbonyl (C=O) groups excluding carboxylic acids is 2. The highest BCUT2D eigenvalue weighted by Gasteiger charge is 2.33. The molecule has 0 radical (unpaired) electrons. The molecule has 1 aliphatic heterocycles. The van der Waals surface area contributed by atoms with Crippen molar-refractivity contribution in [2.75, 3.05) is 18.6 Å². The fourth-order valence-corrected chi connectivity index (χ4v) is 1.56. The Hall–Kier alpha value is -2.71. The molecular weight excluding hydrogens is 256 g/mol. The van der Waals surface area contributed by atoms with Gasteiger partial charge in [0.25, 0.3) is 5.91 Å². The number of likely N-dealkylation sites (N-methyl/N-ethyl adjacent to an activating group) is 1. The maximum atomic E-state index is 12.0. The van der Waals surface area contributed by atoms with Crippen LogP contribution in [0.4, 0.5) is 16.4 Å². The van der Waals surface area contributed by atoms with E-state index in [0.717, 1.165) is 4.90 Å². The Morgan fingerprint density at radius 2 is 2.37 bits per heavy atom. The highest BCUT2D eigenvalue weighted by molar-refractivity contribution is 5.98. The molecule has 0 spiro atoms. The van der Waals surface area contributed by atoms with Crippen molar-refractivity contribution >= 4 is 23.6 Å². The number of nitro groups is 1. The second-order valence-electron chi connectivity index (χ2n) is 3.80. The molecule has 2 amide bonds. The Morgan fingerprint density at radius 3 is 2.95 bits per heavy atom. The average molecular weight is 266 g/mol. The number of pyridine rings is 1. The summed E-state index contributed by atoms with van der Waals surface area (Å²) >= 11 is 0. The number of hydrogen-bond acceptors (Lipinski definition) is 6. The summed E-state index contributed by atoms with van der Waals surface area (Å²) in [6.45, 7) is -0.0725. The zero-order valence-corrected chi connectivity index (χ0v) is 9.90. The smallest absolute Gasteiger partial charge is 0.407 e. The van der Waals surface area contributed by atoms with Crippen LogP contribution >= 0.6 is 0 Å². The van der Waals surface area contributed by atoms with Gasteiger partial charge >= 0.3 is 11.9 Å². The summed E-state index contributed by atoms with van der Waals surface area (Å²) in [7, 11) is 1.42. The summed E-state index contributed by atoms with van der Waals surface area (Å²) in [5.41, 5.74) is 0. The summed E-state index contributed by atoms with van der Waals surface area (Å²) in [6.07, 6.45) is -0.668. The molecule has 0 bridgehead atoms. The van der Waals surface area contributed by atoms with Gasteiger partial charge in [-0.3, -0.25) is 9.69 Å². The van der Waals surface area contributed by atoms with Gasteiger partial charge in [0.1, 0.15) is 12.6 Å². The first kappa shape index (κ1) is 12.7. The number of cyclic esters (lactones) is 1. The number of carbonyl (C=O) groups is 2. The second-order valence-corrected chi connectivity index (χ2v) is 3.80. The minimum atomic E-state index is -0.807. The van der Waals surface area contributed by atoms with Gasteiger partial charge in [0.2, 0.25) is 5.82 Å². The maximum absolute atomic E-state index is 12.0. The van der Waals surface area contributed by atoms with Crippen molar-refractivity contribution in [2.45, 2.75) is 6.04 Å². The van der Waals surface area contributed by atoms with E-state index in [1.807, 2.05) is 0 Å². The lowest BCUT2D eigenvalue weighted by Gasteiger charge is -2.16. The first-order valence-corrected chi connectivity index (χ1v) is 5.31. The molecular formula is C10H10N4O5. The Bertz CT molecular complexity index is 546. The molecule has 1 N–H and O–H groups in total. The van der Waals surface area contributed by atoms with E-state index in [1.165, 1.54) is 25.2 Å². The third-order valence-corrected chi connectivity index (χ3v) is 2.55. The molecule has 2 heterocycles. The van der Waals surface area contributed by atoms with Crippen LogP contribution in [0.5, 0.6) is 0 Å². The maximum Gasteiger partial charge on any atom is 0.407 e. The van der Waals surface area contributed by atoms with Gasteiger partial charge < -0.3 is 20.2 Å². The molecule has 1 aliphatic rings. The molecule has 1 fully saturated rings. The van der Waals surface area contributed by atoms with E-state index in [-0.39, 0.29) is 18.2 Å². The Balaban J connectivity index is 2.17. The van der Waals surface area contributed by atoms with E-state index in [1.54, 1.807) is 0 Å². The number of nitrogens with one attached hydrogen (secondary N) is 1. The van der Waals surface area contributed by atoms with Crippen LogP contribution in [0.15, 0.2) is 18.2 Å². The summed E-state index contributed by atoms with van der Waals surface area (Å²) in [5, 5.41) is 12.9. The van der Waals surface area contributed by atoms with E-state index in [0.29, 0.717) is 0 Å². The largest absolute Gasteiger partial charge is 0.447 e. The molecule has 2 rings (SSSR count). The molecule has 0 aromatic carbocycles. The van der Waals surface area contributed by atoms with Crippen molar-refractivity contribution in [2.24, 2.45) is 0 Å². The lowest BCUT2D eigenvalue weighted by Crippen LogP contribution is -2.44. The number of aromatic nitrogens is 1. The van der Waals surface area contributed by atoms with Crippen LogP contribution in [0.1, 0.15) is 0 Å². The number of alkyl carbamates (subject to hydrolysis) is 1. The van der Waals surface area contributed by atoms with E-state index in [9.17, 15) is 19.7 Å². The molecule has 1 aromatic rings. The predicted octanol–water partition coefficient (Wildman–Crippen LogP) is 0.0610. The second kappa shape index (κ2) is 4.88. The first-order valence-electron chi connectivity index (χ1n) is 5.31. The van der Waals surface area contributed by atoms with Crippen LogP contribution in [0, 0.1) is 10.1 Å². The third-order valence-electron chi connectivity index (χ3n) is 2.55. The van der Waals surface area contributed by atoms with Crippen molar-refractivity contribution in [3.8, 4) is 0 Å². The molecule has 0 saturated carbocycles. The summed E-state index contributed by atoms with van der Waals surface area (Å²) in [6, 6.07) is 3.30. The molecule has 100 valence electrons. The molecule has 9 heteroatoms. The predicted molar refractivity (Wildman–Crippen MR) is 62.6 cm³/mol. The van der Waals surface area contributed by atoms with Crippen LogP contribution in [0.2, 0.25) is 0 Å². The van der Waals surface area contributed by atoms with Crippen LogP contribution in [-0.4, -0.2) is 41.6 Å². The van der Waals surface area contributed by atoms with Crippen molar-refractivity contribution in [3.63, 3.8) is 0 Å². The molecule has 1 saturated heterocycles. The van der Waals surface area contributed by atoms with Gasteiger partial charge in [-0.2, -0.15) is 0 Å². The fourth-order valence-electron chi connectivity index (χ4n) is 1.56. The van der Waals surface area contributed by atoms with Gasteiger partial charge in [0.15, 0.2) is 0 Å². The van der Waals surface area contributed by atoms with E-state index < -0.39 is 23.0 Å². The first-order chi connectivity index (χ1) is 8.99. The molecule has 19 heavy (non-hydrogen) atoms. The normalized spacial score (nSPS) is 17.5. The lowest BCUT2D eigenvalue weighted by molar-refractivity contribution is -0.389. The van der Waals surface area contributed by atoms with Crippen molar-refractivity contribution in [1.82, 2.24) is 10.3 Å². The zero-order chi connectivity index (χ0) is 14.0. The summed E-state index contributed by atoms with van der Waals surface area (Å²) < 4.78 is 4.61. The van der Waals surface area contributed by atoms with E-state index in [2.05, 4.69) is 15.0 Å². The number of amides is 2. The summed E-state index contributed by atoms with van der Waals surface area (Å²) in [4.78, 5) is 37.7. The van der Waals surface area contributed by atoms with Gasteiger partial charge in [0, 0.05) is 19.2 Å². The van der Waals surface area contributed by atoms with Gasteiger partial charge in [-0.25, -0.2) is 4.79 Å². The number of nitrogens with zero attached hydrogens (tertiary/aromatic N) is 3. The number of ether oxygens (including phenoxy) is 1. The van der Waals surface area contributed by atoms with Crippen LogP contribution in [-0.2, 0) is 9.53 Å². The SMILES string of the molecule is CN(C(=O)[C@@H]1COC(=O)N1)c1cccc([N+](=O)[O-])n1. The number of hydrogen-bond donors (Lipinski definition) is 1. The van der Waals surface area contributed by atoms with Crippen LogP contribution < -0.4 is 10.2 Å². The Kier molecular flexibility index (Phi) is 3.27. The van der Waals surface area contributed by atoms with E-state index >= 15 is 0 Å². The molecule has 1 atom stereocenters. The molecule has 0 unspecified atom stereocenters. The van der Waals surface area contributed by atoms with Crippen molar-refractivity contribution in [3.05, 3.63) is 28.3 Å². The third kappa shape index (κ3) is 2.59. The fraction of sp³-hybridized carbons (Fsp3) is 0.300. The minimum absolute atomic E-state index is 0.0725. The Labute approximate surface area is 107 Å². The highest BCUT2D eigenvalue weighted by atomic mass is 16.6. The van der Waals surface area contributed by atoms with Gasteiger partial charge in [-0.05, 0) is 16.0 Å². The molecule has 1 aromatic heterocycles. The highest BCUT2D eigenvalue weighted by Crippen LogP contribution is 2.16. The summed E-state index contributed by atoms with van der Waals surface area (Å²) in [5.74, 6) is -0.692. The Morgan fingerprint density at radius 1 is 1.63 bits per heavy atom. The van der Waals surface area contributed by atoms with Crippen molar-refractivity contribution in [1.29, 1.82) is 0 Å². The lowest BCUT2D eigenvalue weighted by atomic mass is 10.3. The quantitative estimate of drug-likeness (QED) is 0.611. The monoisotopic (exact) mass is 266 g/mol. The number of anilines is 1.